The molecule has 0 saturated carbocycles. The third-order valence-electron chi connectivity index (χ3n) is 5.32. The number of carbonyl (C=O) groups excluding carboxylic acids is 1. The number of rotatable bonds is 6. The number of amides is 1. The lowest BCUT2D eigenvalue weighted by Gasteiger charge is -2.22. The number of alkyl halides is 3. The van der Waals surface area contributed by atoms with E-state index in [1.54, 1.807) is 25.3 Å². The molecule has 0 bridgehead atoms. The van der Waals surface area contributed by atoms with Gasteiger partial charge in [-0.05, 0) is 45.3 Å². The van der Waals surface area contributed by atoms with Crippen molar-refractivity contribution in [2.45, 2.75) is 19.1 Å². The summed E-state index contributed by atoms with van der Waals surface area (Å²) in [5, 5.41) is 7.03. The number of furan rings is 1. The minimum Gasteiger partial charge on any atom is -0.468 e. The van der Waals surface area contributed by atoms with Gasteiger partial charge in [0.15, 0.2) is 0 Å². The summed E-state index contributed by atoms with van der Waals surface area (Å²) in [6.45, 7) is 1.85. The largest absolute Gasteiger partial charge is 0.468 e. The van der Waals surface area contributed by atoms with Crippen LogP contribution in [0.15, 0.2) is 57.7 Å². The zero-order chi connectivity index (χ0) is 23.8. The highest BCUT2D eigenvalue weighted by Gasteiger charge is 2.34. The Bertz CT molecular complexity index is 1280. The molecule has 4 rings (SSSR count). The Morgan fingerprint density at radius 1 is 1.18 bits per heavy atom. The molecule has 10 heteroatoms. The Morgan fingerprint density at radius 2 is 1.94 bits per heavy atom. The summed E-state index contributed by atoms with van der Waals surface area (Å²) in [6, 6.07) is 9.71. The van der Waals surface area contributed by atoms with Crippen molar-refractivity contribution in [2.24, 2.45) is 0 Å². The molecule has 4 aromatic rings. The first-order chi connectivity index (χ1) is 15.7. The molecule has 1 unspecified atom stereocenters. The Morgan fingerprint density at radius 3 is 2.61 bits per heavy atom. The average Bonchev–Trinajstić information content (AvgIpc) is 3.43. The SMILES string of the molecule is Cc1noc2nc(-c3ccccc3C(F)(F)F)cc(C(=O)NCC(c3ccco3)N(C)C)c12. The van der Waals surface area contributed by atoms with Gasteiger partial charge in [-0.15, -0.1) is 0 Å². The quantitative estimate of drug-likeness (QED) is 0.445. The van der Waals surface area contributed by atoms with E-state index in [0.717, 1.165) is 6.07 Å². The molecule has 0 aliphatic heterocycles. The molecule has 1 atom stereocenters. The summed E-state index contributed by atoms with van der Waals surface area (Å²) >= 11 is 0. The molecule has 0 saturated heterocycles. The van der Waals surface area contributed by atoms with Crippen LogP contribution in [0.1, 0.15) is 33.4 Å². The lowest BCUT2D eigenvalue weighted by atomic mass is 10.0. The van der Waals surface area contributed by atoms with Crippen LogP contribution in [-0.2, 0) is 6.18 Å². The zero-order valence-electron chi connectivity index (χ0n) is 18.1. The molecule has 7 nitrogen and oxygen atoms in total. The van der Waals surface area contributed by atoms with E-state index in [9.17, 15) is 18.0 Å². The third-order valence-corrected chi connectivity index (χ3v) is 5.32. The second kappa shape index (κ2) is 8.70. The van der Waals surface area contributed by atoms with E-state index in [-0.39, 0.29) is 35.1 Å². The maximum atomic E-state index is 13.6. The number of halogens is 3. The van der Waals surface area contributed by atoms with E-state index in [4.69, 9.17) is 8.94 Å². The van der Waals surface area contributed by atoms with E-state index in [1.165, 1.54) is 24.3 Å². The van der Waals surface area contributed by atoms with Crippen LogP contribution >= 0.6 is 0 Å². The van der Waals surface area contributed by atoms with Crippen molar-refractivity contribution in [3.05, 3.63) is 71.3 Å². The predicted molar refractivity (Wildman–Crippen MR) is 114 cm³/mol. The second-order valence-electron chi connectivity index (χ2n) is 7.75. The van der Waals surface area contributed by atoms with Crippen LogP contribution in [0.2, 0.25) is 0 Å². The smallest absolute Gasteiger partial charge is 0.417 e. The number of hydrogen-bond donors (Lipinski definition) is 1. The summed E-state index contributed by atoms with van der Waals surface area (Å²) in [5.41, 5.74) is -0.521. The van der Waals surface area contributed by atoms with E-state index in [1.807, 2.05) is 19.0 Å². The minimum atomic E-state index is -4.59. The molecule has 3 heterocycles. The molecule has 1 amide bonds. The summed E-state index contributed by atoms with van der Waals surface area (Å²) < 4.78 is 51.4. The summed E-state index contributed by atoms with van der Waals surface area (Å²) in [5.74, 6) is 0.180. The third kappa shape index (κ3) is 4.47. The number of likely N-dealkylation sites (N-methyl/N-ethyl adjacent to an activating group) is 1. The topological polar surface area (TPSA) is 84.4 Å². The Balaban J connectivity index is 1.74. The fourth-order valence-corrected chi connectivity index (χ4v) is 3.67. The van der Waals surface area contributed by atoms with Crippen molar-refractivity contribution in [3.8, 4) is 11.3 Å². The number of aryl methyl sites for hydroxylation is 1. The summed E-state index contributed by atoms with van der Waals surface area (Å²) in [4.78, 5) is 19.3. The van der Waals surface area contributed by atoms with Gasteiger partial charge in [0.2, 0.25) is 0 Å². The minimum absolute atomic E-state index is 0.0117. The van der Waals surface area contributed by atoms with Gasteiger partial charge in [0.25, 0.3) is 11.6 Å². The van der Waals surface area contributed by atoms with Gasteiger partial charge >= 0.3 is 6.18 Å². The van der Waals surface area contributed by atoms with Gasteiger partial charge in [-0.25, -0.2) is 4.98 Å². The zero-order valence-corrected chi connectivity index (χ0v) is 18.1. The molecule has 1 N–H and O–H groups in total. The maximum absolute atomic E-state index is 13.6. The predicted octanol–water partition coefficient (Wildman–Crippen LogP) is 4.84. The number of hydrogen-bond acceptors (Lipinski definition) is 6. The van der Waals surface area contributed by atoms with Crippen LogP contribution in [0, 0.1) is 6.92 Å². The van der Waals surface area contributed by atoms with Gasteiger partial charge in [0.1, 0.15) is 5.76 Å². The molecule has 33 heavy (non-hydrogen) atoms. The molecule has 0 aliphatic carbocycles. The fraction of sp³-hybridized carbons (Fsp3) is 0.261. The first-order valence-electron chi connectivity index (χ1n) is 10.1. The van der Waals surface area contributed by atoms with Crippen molar-refractivity contribution in [1.29, 1.82) is 0 Å². The normalized spacial score (nSPS) is 12.9. The van der Waals surface area contributed by atoms with Crippen molar-refractivity contribution in [2.75, 3.05) is 20.6 Å². The molecular formula is C23H21F3N4O3. The van der Waals surface area contributed by atoms with Crippen LogP contribution in [-0.4, -0.2) is 41.6 Å². The van der Waals surface area contributed by atoms with Crippen molar-refractivity contribution < 1.29 is 26.9 Å². The van der Waals surface area contributed by atoms with Gasteiger partial charge in [0.05, 0.1) is 40.2 Å². The van der Waals surface area contributed by atoms with Gasteiger partial charge in [-0.3, -0.25) is 9.69 Å². The fourth-order valence-electron chi connectivity index (χ4n) is 3.67. The summed E-state index contributed by atoms with van der Waals surface area (Å²) in [7, 11) is 3.70. The van der Waals surface area contributed by atoms with E-state index < -0.39 is 17.6 Å². The highest BCUT2D eigenvalue weighted by atomic mass is 19.4. The van der Waals surface area contributed by atoms with E-state index in [2.05, 4.69) is 15.5 Å². The van der Waals surface area contributed by atoms with Gasteiger partial charge in [-0.2, -0.15) is 13.2 Å². The van der Waals surface area contributed by atoms with Crippen molar-refractivity contribution in [3.63, 3.8) is 0 Å². The van der Waals surface area contributed by atoms with Gasteiger partial charge < -0.3 is 14.3 Å². The number of nitrogens with zero attached hydrogens (tertiary/aromatic N) is 3. The van der Waals surface area contributed by atoms with Crippen LogP contribution in [0.4, 0.5) is 13.2 Å². The van der Waals surface area contributed by atoms with Crippen LogP contribution < -0.4 is 5.32 Å². The standard InChI is InChI=1S/C23H21F3N4O3/c1-13-20-15(21(31)27-12-18(30(2)3)19-9-6-10-32-19)11-17(28-22(20)33-29-13)14-7-4-5-8-16(14)23(24,25)26/h4-11,18H,12H2,1-3H3,(H,27,31). The molecule has 0 radical (unpaired) electrons. The van der Waals surface area contributed by atoms with Crippen LogP contribution in [0.5, 0.6) is 0 Å². The number of aromatic nitrogens is 2. The molecule has 0 fully saturated rings. The van der Waals surface area contributed by atoms with Gasteiger partial charge in [0, 0.05) is 12.1 Å². The van der Waals surface area contributed by atoms with Crippen LogP contribution in [0.25, 0.3) is 22.4 Å². The Labute approximate surface area is 187 Å². The van der Waals surface area contributed by atoms with Gasteiger partial charge in [-0.1, -0.05) is 23.4 Å². The molecular weight excluding hydrogens is 437 g/mol. The first kappa shape index (κ1) is 22.5. The van der Waals surface area contributed by atoms with E-state index >= 15 is 0 Å². The first-order valence-corrected chi connectivity index (χ1v) is 10.1. The maximum Gasteiger partial charge on any atom is 0.417 e. The lowest BCUT2D eigenvalue weighted by Crippen LogP contribution is -2.34. The molecule has 0 aliphatic rings. The number of carbonyl (C=O) groups is 1. The number of pyridine rings is 1. The Hall–Kier alpha value is -3.66. The van der Waals surface area contributed by atoms with E-state index in [0.29, 0.717) is 16.8 Å². The molecule has 3 aromatic heterocycles. The highest BCUT2D eigenvalue weighted by molar-refractivity contribution is 6.07. The molecule has 0 spiro atoms. The highest BCUT2D eigenvalue weighted by Crippen LogP contribution is 2.37. The molecule has 172 valence electrons. The summed E-state index contributed by atoms with van der Waals surface area (Å²) in [6.07, 6.45) is -3.04. The van der Waals surface area contributed by atoms with Crippen molar-refractivity contribution >= 4 is 17.0 Å². The lowest BCUT2D eigenvalue weighted by molar-refractivity contribution is -0.137. The number of fused-ring (bicyclic) bond motifs is 1. The number of benzene rings is 1. The monoisotopic (exact) mass is 458 g/mol. The Kier molecular flexibility index (Phi) is 5.94. The average molecular weight is 458 g/mol. The van der Waals surface area contributed by atoms with Crippen molar-refractivity contribution in [1.82, 2.24) is 20.4 Å². The number of nitrogens with one attached hydrogen (secondary N) is 1. The molecule has 1 aromatic carbocycles. The van der Waals surface area contributed by atoms with Crippen LogP contribution in [0.3, 0.4) is 0 Å². The second-order valence-corrected chi connectivity index (χ2v) is 7.75.